The van der Waals surface area contributed by atoms with Crippen molar-refractivity contribution >= 4 is 34.0 Å². The average molecular weight is 350 g/mol. The molecule has 2 rings (SSSR count). The van der Waals surface area contributed by atoms with Gasteiger partial charge in [-0.15, -0.1) is 12.4 Å². The van der Waals surface area contributed by atoms with Crippen LogP contribution in [0, 0.1) is 11.3 Å². The highest BCUT2D eigenvalue weighted by Gasteiger charge is 2.34. The minimum absolute atomic E-state index is 0. The Balaban J connectivity index is 0.00000220. The maximum Gasteiger partial charge on any atom is 0.243 e. The van der Waals surface area contributed by atoms with Gasteiger partial charge >= 0.3 is 0 Å². The number of nitrogens with zero attached hydrogens (tertiary/aromatic N) is 2. The third kappa shape index (κ3) is 3.50. The largest absolute Gasteiger partial charge is 0.311 e. The Morgan fingerprint density at radius 3 is 2.71 bits per heavy atom. The number of hydrogen-bond donors (Lipinski definition) is 1. The van der Waals surface area contributed by atoms with Gasteiger partial charge in [0, 0.05) is 25.2 Å². The van der Waals surface area contributed by atoms with E-state index in [-0.39, 0.29) is 40.0 Å². The van der Waals surface area contributed by atoms with Gasteiger partial charge in [0.15, 0.2) is 0 Å². The van der Waals surface area contributed by atoms with Crippen molar-refractivity contribution in [3.8, 4) is 6.07 Å². The van der Waals surface area contributed by atoms with E-state index in [9.17, 15) is 8.42 Å². The van der Waals surface area contributed by atoms with Gasteiger partial charge < -0.3 is 5.32 Å². The number of nitrogens with one attached hydrogen (secondary N) is 1. The number of piperazine rings is 1. The number of sulfonamides is 1. The van der Waals surface area contributed by atoms with E-state index in [0.717, 1.165) is 0 Å². The lowest BCUT2D eigenvalue weighted by molar-refractivity contribution is 0.233. The SMILES string of the molecule is CC1NCCN(S(=O)(=O)c2ccc(Cl)c(C#N)c2)C1C.Cl. The van der Waals surface area contributed by atoms with Crippen molar-refractivity contribution < 1.29 is 8.42 Å². The zero-order valence-electron chi connectivity index (χ0n) is 11.7. The van der Waals surface area contributed by atoms with E-state index in [1.165, 1.54) is 22.5 Å². The minimum atomic E-state index is -3.61. The summed E-state index contributed by atoms with van der Waals surface area (Å²) in [6.07, 6.45) is 0. The molecular formula is C13H17Cl2N3O2S. The number of halogens is 2. The van der Waals surface area contributed by atoms with Crippen LogP contribution in [0.15, 0.2) is 23.1 Å². The molecule has 0 saturated carbocycles. The molecule has 1 aliphatic heterocycles. The highest BCUT2D eigenvalue weighted by atomic mass is 35.5. The van der Waals surface area contributed by atoms with Crippen LogP contribution in [0.1, 0.15) is 19.4 Å². The molecule has 5 nitrogen and oxygen atoms in total. The lowest BCUT2D eigenvalue weighted by Crippen LogP contribution is -2.57. The molecule has 1 heterocycles. The number of nitriles is 1. The van der Waals surface area contributed by atoms with Gasteiger partial charge in [0.25, 0.3) is 0 Å². The van der Waals surface area contributed by atoms with Crippen LogP contribution in [0.5, 0.6) is 0 Å². The van der Waals surface area contributed by atoms with Crippen molar-refractivity contribution in [3.05, 3.63) is 28.8 Å². The van der Waals surface area contributed by atoms with Crippen molar-refractivity contribution in [1.29, 1.82) is 5.26 Å². The fourth-order valence-corrected chi connectivity index (χ4v) is 4.14. The van der Waals surface area contributed by atoms with Crippen LogP contribution in [0.3, 0.4) is 0 Å². The molecule has 0 radical (unpaired) electrons. The fourth-order valence-electron chi connectivity index (χ4n) is 2.25. The molecule has 1 fully saturated rings. The quantitative estimate of drug-likeness (QED) is 0.886. The van der Waals surface area contributed by atoms with Gasteiger partial charge in [0.2, 0.25) is 10.0 Å². The average Bonchev–Trinajstić information content (AvgIpc) is 2.42. The molecule has 116 valence electrons. The molecule has 8 heteroatoms. The Hall–Kier alpha value is -0.840. The summed E-state index contributed by atoms with van der Waals surface area (Å²) in [6, 6.07) is 6.06. The maximum atomic E-state index is 12.7. The molecule has 0 aliphatic carbocycles. The molecule has 0 amide bonds. The van der Waals surface area contributed by atoms with Crippen LogP contribution < -0.4 is 5.32 Å². The van der Waals surface area contributed by atoms with Crippen molar-refractivity contribution in [2.45, 2.75) is 30.8 Å². The first-order valence-electron chi connectivity index (χ1n) is 6.33. The standard InChI is InChI=1S/C13H16ClN3O2S.ClH/c1-9-10(2)17(6-5-16-9)20(18,19)12-3-4-13(14)11(7-12)8-15;/h3-4,7,9-10,16H,5-6H2,1-2H3;1H. The fraction of sp³-hybridized carbons (Fsp3) is 0.462. The summed E-state index contributed by atoms with van der Waals surface area (Å²) in [7, 11) is -3.61. The van der Waals surface area contributed by atoms with E-state index in [0.29, 0.717) is 13.1 Å². The van der Waals surface area contributed by atoms with Crippen LogP contribution in [0.4, 0.5) is 0 Å². The number of benzene rings is 1. The molecular weight excluding hydrogens is 333 g/mol. The Morgan fingerprint density at radius 2 is 2.10 bits per heavy atom. The second kappa shape index (κ2) is 6.95. The van der Waals surface area contributed by atoms with Crippen LogP contribution >= 0.6 is 24.0 Å². The number of rotatable bonds is 2. The smallest absolute Gasteiger partial charge is 0.243 e. The highest BCUT2D eigenvalue weighted by Crippen LogP contribution is 2.25. The molecule has 1 aromatic rings. The molecule has 2 unspecified atom stereocenters. The predicted octanol–water partition coefficient (Wildman–Crippen LogP) is 2.00. The zero-order chi connectivity index (χ0) is 14.9. The van der Waals surface area contributed by atoms with Gasteiger partial charge in [-0.25, -0.2) is 8.42 Å². The summed E-state index contributed by atoms with van der Waals surface area (Å²) in [5, 5.41) is 12.5. The Morgan fingerprint density at radius 1 is 1.43 bits per heavy atom. The van der Waals surface area contributed by atoms with Gasteiger partial charge in [-0.3, -0.25) is 0 Å². The molecule has 0 aromatic heterocycles. The van der Waals surface area contributed by atoms with Gasteiger partial charge in [0.05, 0.1) is 15.5 Å². The third-order valence-electron chi connectivity index (χ3n) is 3.64. The van der Waals surface area contributed by atoms with Crippen molar-refractivity contribution in [3.63, 3.8) is 0 Å². The Bertz CT molecular complexity index is 658. The Kier molecular flexibility index (Phi) is 6.02. The molecule has 2 atom stereocenters. The lowest BCUT2D eigenvalue weighted by Gasteiger charge is -2.37. The molecule has 1 N–H and O–H groups in total. The molecule has 21 heavy (non-hydrogen) atoms. The monoisotopic (exact) mass is 349 g/mol. The van der Waals surface area contributed by atoms with E-state index in [2.05, 4.69) is 5.32 Å². The van der Waals surface area contributed by atoms with Crippen molar-refractivity contribution in [2.24, 2.45) is 0 Å². The topological polar surface area (TPSA) is 73.2 Å². The summed E-state index contributed by atoms with van der Waals surface area (Å²) in [5.74, 6) is 0. The van der Waals surface area contributed by atoms with Crippen LogP contribution in [0.25, 0.3) is 0 Å². The lowest BCUT2D eigenvalue weighted by atomic mass is 10.1. The molecule has 1 aromatic carbocycles. The molecule has 1 saturated heterocycles. The Labute approximate surface area is 136 Å². The molecule has 0 bridgehead atoms. The van der Waals surface area contributed by atoms with E-state index in [1.807, 2.05) is 19.9 Å². The first-order valence-corrected chi connectivity index (χ1v) is 8.14. The zero-order valence-corrected chi connectivity index (χ0v) is 14.1. The van der Waals surface area contributed by atoms with E-state index in [4.69, 9.17) is 16.9 Å². The van der Waals surface area contributed by atoms with Gasteiger partial charge in [-0.1, -0.05) is 11.6 Å². The highest BCUT2D eigenvalue weighted by molar-refractivity contribution is 7.89. The first-order chi connectivity index (χ1) is 9.37. The number of hydrogen-bond acceptors (Lipinski definition) is 4. The second-order valence-corrected chi connectivity index (χ2v) is 7.15. The second-order valence-electron chi connectivity index (χ2n) is 4.85. The normalized spacial score (nSPS) is 23.1. The first kappa shape index (κ1) is 18.2. The third-order valence-corrected chi connectivity index (χ3v) is 5.95. The molecule has 1 aliphatic rings. The van der Waals surface area contributed by atoms with Crippen LogP contribution in [0.2, 0.25) is 5.02 Å². The van der Waals surface area contributed by atoms with Gasteiger partial charge in [-0.2, -0.15) is 9.57 Å². The molecule has 0 spiro atoms. The van der Waals surface area contributed by atoms with Crippen molar-refractivity contribution in [2.75, 3.05) is 13.1 Å². The summed E-state index contributed by atoms with van der Waals surface area (Å²) >= 11 is 5.84. The van der Waals surface area contributed by atoms with E-state index in [1.54, 1.807) is 0 Å². The van der Waals surface area contributed by atoms with Crippen LogP contribution in [-0.4, -0.2) is 37.9 Å². The summed E-state index contributed by atoms with van der Waals surface area (Å²) in [5.41, 5.74) is 0.170. The summed E-state index contributed by atoms with van der Waals surface area (Å²) in [6.45, 7) is 4.85. The van der Waals surface area contributed by atoms with Gasteiger partial charge in [-0.05, 0) is 32.0 Å². The van der Waals surface area contributed by atoms with E-state index >= 15 is 0 Å². The van der Waals surface area contributed by atoms with Crippen LogP contribution in [-0.2, 0) is 10.0 Å². The van der Waals surface area contributed by atoms with E-state index < -0.39 is 10.0 Å². The minimum Gasteiger partial charge on any atom is -0.311 e. The maximum absolute atomic E-state index is 12.7. The summed E-state index contributed by atoms with van der Waals surface area (Å²) in [4.78, 5) is 0.111. The van der Waals surface area contributed by atoms with Crippen molar-refractivity contribution in [1.82, 2.24) is 9.62 Å². The van der Waals surface area contributed by atoms with Gasteiger partial charge in [0.1, 0.15) is 6.07 Å². The summed E-state index contributed by atoms with van der Waals surface area (Å²) < 4.78 is 26.8. The predicted molar refractivity (Wildman–Crippen MR) is 84.2 cm³/mol.